The van der Waals surface area contributed by atoms with E-state index in [2.05, 4.69) is 22.0 Å². The molecule has 0 N–H and O–H groups in total. The van der Waals surface area contributed by atoms with Gasteiger partial charge in [0.2, 0.25) is 5.89 Å². The summed E-state index contributed by atoms with van der Waals surface area (Å²) >= 11 is 1.45. The first-order chi connectivity index (χ1) is 11.2. The number of benzene rings is 1. The topological polar surface area (TPSA) is 73.8 Å². The van der Waals surface area contributed by atoms with E-state index in [0.29, 0.717) is 34.6 Å². The van der Waals surface area contributed by atoms with Gasteiger partial charge in [-0.25, -0.2) is 4.98 Å². The van der Waals surface area contributed by atoms with E-state index in [9.17, 15) is 4.79 Å². The number of hydrogen-bond acceptors (Lipinski definition) is 6. The van der Waals surface area contributed by atoms with Crippen LogP contribution in [0.4, 0.5) is 0 Å². The van der Waals surface area contributed by atoms with Crippen molar-refractivity contribution in [3.05, 3.63) is 46.3 Å². The summed E-state index contributed by atoms with van der Waals surface area (Å²) in [6.45, 7) is 4.55. The maximum absolute atomic E-state index is 12.7. The zero-order valence-corrected chi connectivity index (χ0v) is 14.0. The van der Waals surface area contributed by atoms with Crippen molar-refractivity contribution in [1.82, 2.24) is 19.7 Å². The van der Waals surface area contributed by atoms with Gasteiger partial charge in [-0.15, -0.1) is 0 Å². The number of hydrogen-bond donors (Lipinski definition) is 0. The van der Waals surface area contributed by atoms with Crippen molar-refractivity contribution < 1.29 is 4.52 Å². The molecule has 0 spiro atoms. The molecule has 0 unspecified atom stereocenters. The zero-order chi connectivity index (χ0) is 16.2. The van der Waals surface area contributed by atoms with Gasteiger partial charge in [0, 0.05) is 6.54 Å². The molecule has 2 aromatic heterocycles. The number of rotatable bonds is 6. The van der Waals surface area contributed by atoms with Crippen LogP contribution in [-0.4, -0.2) is 19.7 Å². The molecule has 3 rings (SSSR count). The highest BCUT2D eigenvalue weighted by Crippen LogP contribution is 2.21. The summed E-state index contributed by atoms with van der Waals surface area (Å²) in [6, 6.07) is 7.44. The van der Waals surface area contributed by atoms with Crippen LogP contribution in [0.25, 0.3) is 10.9 Å². The van der Waals surface area contributed by atoms with E-state index in [4.69, 9.17) is 4.52 Å². The van der Waals surface area contributed by atoms with Gasteiger partial charge < -0.3 is 4.52 Å². The Labute approximate surface area is 137 Å². The summed E-state index contributed by atoms with van der Waals surface area (Å²) in [5.74, 6) is 1.64. The SMILES string of the molecule is CCCCn1c(SCc2nc(C)no2)nc2ccccc2c1=O. The Morgan fingerprint density at radius 1 is 1.26 bits per heavy atom. The first-order valence-corrected chi connectivity index (χ1v) is 8.59. The van der Waals surface area contributed by atoms with E-state index in [1.807, 2.05) is 24.3 Å². The third-order valence-corrected chi connectivity index (χ3v) is 4.42. The first kappa shape index (κ1) is 15.7. The van der Waals surface area contributed by atoms with Crippen molar-refractivity contribution in [2.75, 3.05) is 0 Å². The van der Waals surface area contributed by atoms with Crippen LogP contribution in [0.5, 0.6) is 0 Å². The summed E-state index contributed by atoms with van der Waals surface area (Å²) in [4.78, 5) is 21.6. The van der Waals surface area contributed by atoms with Crippen molar-refractivity contribution in [1.29, 1.82) is 0 Å². The third kappa shape index (κ3) is 3.44. The normalized spacial score (nSPS) is 11.2. The molecule has 0 aliphatic carbocycles. The Balaban J connectivity index is 1.97. The van der Waals surface area contributed by atoms with Crippen LogP contribution in [0.15, 0.2) is 38.7 Å². The maximum Gasteiger partial charge on any atom is 0.262 e. The van der Waals surface area contributed by atoms with Gasteiger partial charge in [0.05, 0.1) is 16.7 Å². The van der Waals surface area contributed by atoms with Gasteiger partial charge in [0.15, 0.2) is 11.0 Å². The highest BCUT2D eigenvalue weighted by atomic mass is 32.2. The van der Waals surface area contributed by atoms with E-state index < -0.39 is 0 Å². The van der Waals surface area contributed by atoms with Crippen molar-refractivity contribution in [2.24, 2.45) is 0 Å². The lowest BCUT2D eigenvalue weighted by molar-refractivity contribution is 0.387. The molecule has 6 nitrogen and oxygen atoms in total. The minimum Gasteiger partial charge on any atom is -0.338 e. The molecule has 2 heterocycles. The number of aryl methyl sites for hydroxylation is 1. The molecule has 0 aliphatic heterocycles. The minimum atomic E-state index is 0.00765. The number of para-hydroxylation sites is 1. The summed E-state index contributed by atoms with van der Waals surface area (Å²) in [6.07, 6.45) is 1.96. The molecule has 0 saturated heterocycles. The molecule has 0 amide bonds. The Bertz CT molecular complexity index is 872. The third-order valence-electron chi connectivity index (χ3n) is 3.46. The van der Waals surface area contributed by atoms with Crippen molar-refractivity contribution in [3.8, 4) is 0 Å². The lowest BCUT2D eigenvalue weighted by Crippen LogP contribution is -2.23. The van der Waals surface area contributed by atoms with Gasteiger partial charge in [-0.3, -0.25) is 9.36 Å². The Morgan fingerprint density at radius 3 is 2.83 bits per heavy atom. The molecular weight excluding hydrogens is 312 g/mol. The van der Waals surface area contributed by atoms with Crippen molar-refractivity contribution in [2.45, 2.75) is 44.1 Å². The summed E-state index contributed by atoms with van der Waals surface area (Å²) in [5.41, 5.74) is 0.725. The molecule has 0 fully saturated rings. The number of thioether (sulfide) groups is 1. The molecule has 0 atom stereocenters. The summed E-state index contributed by atoms with van der Waals surface area (Å²) < 4.78 is 6.88. The van der Waals surface area contributed by atoms with Crippen LogP contribution >= 0.6 is 11.8 Å². The van der Waals surface area contributed by atoms with E-state index in [1.165, 1.54) is 11.8 Å². The zero-order valence-electron chi connectivity index (χ0n) is 13.2. The number of aromatic nitrogens is 4. The van der Waals surface area contributed by atoms with Gasteiger partial charge in [0.25, 0.3) is 5.56 Å². The number of nitrogens with zero attached hydrogens (tertiary/aromatic N) is 4. The molecular formula is C16H18N4O2S. The Kier molecular flexibility index (Phi) is 4.76. The maximum atomic E-state index is 12.7. The van der Waals surface area contributed by atoms with Crippen LogP contribution in [-0.2, 0) is 12.3 Å². The second-order valence-corrected chi connectivity index (χ2v) is 6.19. The van der Waals surface area contributed by atoms with Crippen LogP contribution in [0, 0.1) is 6.92 Å². The molecule has 0 radical (unpaired) electrons. The predicted molar refractivity (Wildman–Crippen MR) is 89.5 cm³/mol. The molecule has 0 saturated carbocycles. The Morgan fingerprint density at radius 2 is 2.09 bits per heavy atom. The highest BCUT2D eigenvalue weighted by Gasteiger charge is 2.13. The van der Waals surface area contributed by atoms with E-state index in [0.717, 1.165) is 18.4 Å². The van der Waals surface area contributed by atoms with E-state index in [-0.39, 0.29) is 5.56 Å². The molecule has 7 heteroatoms. The predicted octanol–water partition coefficient (Wildman–Crippen LogP) is 3.18. The highest BCUT2D eigenvalue weighted by molar-refractivity contribution is 7.98. The molecule has 23 heavy (non-hydrogen) atoms. The van der Waals surface area contributed by atoms with Crippen molar-refractivity contribution >= 4 is 22.7 Å². The lowest BCUT2D eigenvalue weighted by atomic mass is 10.2. The van der Waals surface area contributed by atoms with Gasteiger partial charge in [-0.1, -0.05) is 42.4 Å². The van der Waals surface area contributed by atoms with Crippen LogP contribution in [0.2, 0.25) is 0 Å². The van der Waals surface area contributed by atoms with E-state index >= 15 is 0 Å². The average Bonchev–Trinajstić information content (AvgIpc) is 2.98. The fourth-order valence-electron chi connectivity index (χ4n) is 2.30. The average molecular weight is 330 g/mol. The van der Waals surface area contributed by atoms with Gasteiger partial charge in [-0.2, -0.15) is 4.98 Å². The van der Waals surface area contributed by atoms with E-state index in [1.54, 1.807) is 11.5 Å². The second kappa shape index (κ2) is 6.95. The molecule has 120 valence electrons. The number of fused-ring (bicyclic) bond motifs is 1. The summed E-state index contributed by atoms with van der Waals surface area (Å²) in [7, 11) is 0. The van der Waals surface area contributed by atoms with Crippen LogP contribution in [0.1, 0.15) is 31.5 Å². The molecule has 3 aromatic rings. The standard InChI is InChI=1S/C16H18N4O2S/c1-3-4-9-20-15(21)12-7-5-6-8-13(12)18-16(20)23-10-14-17-11(2)19-22-14/h5-8H,3-4,9-10H2,1-2H3. The van der Waals surface area contributed by atoms with Gasteiger partial charge in [0.1, 0.15) is 0 Å². The molecule has 1 aromatic carbocycles. The fourth-order valence-corrected chi connectivity index (χ4v) is 3.16. The quantitative estimate of drug-likeness (QED) is 0.510. The first-order valence-electron chi connectivity index (χ1n) is 7.60. The monoisotopic (exact) mass is 330 g/mol. The largest absolute Gasteiger partial charge is 0.338 e. The smallest absolute Gasteiger partial charge is 0.262 e. The van der Waals surface area contributed by atoms with Crippen LogP contribution < -0.4 is 5.56 Å². The Hall–Kier alpha value is -2.15. The molecule has 0 bridgehead atoms. The number of unbranched alkanes of at least 4 members (excludes halogenated alkanes) is 1. The fraction of sp³-hybridized carbons (Fsp3) is 0.375. The van der Waals surface area contributed by atoms with Crippen molar-refractivity contribution in [3.63, 3.8) is 0 Å². The van der Waals surface area contributed by atoms with Gasteiger partial charge in [-0.05, 0) is 25.5 Å². The van der Waals surface area contributed by atoms with Crippen LogP contribution in [0.3, 0.4) is 0 Å². The van der Waals surface area contributed by atoms with Gasteiger partial charge >= 0.3 is 0 Å². The second-order valence-electron chi connectivity index (χ2n) is 5.25. The summed E-state index contributed by atoms with van der Waals surface area (Å²) in [5, 5.41) is 5.13. The minimum absolute atomic E-state index is 0.00765. The molecule has 0 aliphatic rings. The lowest BCUT2D eigenvalue weighted by Gasteiger charge is -2.12.